The summed E-state index contributed by atoms with van der Waals surface area (Å²) in [6.07, 6.45) is 5.36. The molecular formula is C16H34O5Si. The van der Waals surface area contributed by atoms with E-state index < -0.39 is 8.80 Å². The second kappa shape index (κ2) is 12.4. The molecule has 6 heteroatoms. The van der Waals surface area contributed by atoms with Gasteiger partial charge in [-0.3, -0.25) is 0 Å². The summed E-state index contributed by atoms with van der Waals surface area (Å²) < 4.78 is 28.9. The quantitative estimate of drug-likeness (QED) is 0.246. The Morgan fingerprint density at radius 2 is 1.41 bits per heavy atom. The van der Waals surface area contributed by atoms with Crippen molar-refractivity contribution in [3.8, 4) is 0 Å². The highest BCUT2D eigenvalue weighted by Gasteiger charge is 2.40. The predicted molar refractivity (Wildman–Crippen MR) is 89.1 cm³/mol. The molecule has 1 saturated heterocycles. The molecule has 0 aliphatic carbocycles. The molecule has 0 aromatic rings. The van der Waals surface area contributed by atoms with Crippen molar-refractivity contribution < 1.29 is 22.8 Å². The molecule has 0 amide bonds. The fourth-order valence-electron chi connectivity index (χ4n) is 2.04. The molecule has 5 nitrogen and oxygen atoms in total. The molecule has 0 aromatic carbocycles. The minimum atomic E-state index is -2.51. The zero-order valence-electron chi connectivity index (χ0n) is 14.6. The third-order valence-corrected chi connectivity index (χ3v) is 6.20. The van der Waals surface area contributed by atoms with Crippen LogP contribution in [-0.2, 0) is 22.8 Å². The average Bonchev–Trinajstić information content (AvgIpc) is 3.36. The van der Waals surface area contributed by atoms with E-state index in [0.29, 0.717) is 6.10 Å². The van der Waals surface area contributed by atoms with Crippen molar-refractivity contribution in [2.75, 3.05) is 39.6 Å². The highest BCUT2D eigenvalue weighted by molar-refractivity contribution is 6.60. The Kier molecular flexibility index (Phi) is 11.3. The van der Waals surface area contributed by atoms with E-state index >= 15 is 0 Å². The molecule has 1 fully saturated rings. The van der Waals surface area contributed by atoms with Crippen molar-refractivity contribution in [3.05, 3.63) is 0 Å². The minimum absolute atomic E-state index is 0.349. The van der Waals surface area contributed by atoms with Gasteiger partial charge in [-0.15, -0.1) is 0 Å². The fraction of sp³-hybridized carbons (Fsp3) is 1.00. The Balaban J connectivity index is 2.30. The van der Waals surface area contributed by atoms with Crippen LogP contribution in [0.25, 0.3) is 0 Å². The summed E-state index contributed by atoms with van der Waals surface area (Å²) in [7, 11) is -2.51. The maximum Gasteiger partial charge on any atom is 0.500 e. The second-order valence-electron chi connectivity index (χ2n) is 5.72. The highest BCUT2D eigenvalue weighted by Crippen LogP contribution is 2.20. The second-order valence-corrected chi connectivity index (χ2v) is 8.45. The van der Waals surface area contributed by atoms with E-state index in [9.17, 15) is 0 Å². The maximum atomic E-state index is 6.07. The Morgan fingerprint density at radius 3 is 1.86 bits per heavy atom. The van der Waals surface area contributed by atoms with Gasteiger partial charge in [0.05, 0.1) is 13.2 Å². The average molecular weight is 335 g/mol. The monoisotopic (exact) mass is 334 g/mol. The van der Waals surface area contributed by atoms with E-state index in [4.69, 9.17) is 22.8 Å². The summed E-state index contributed by atoms with van der Waals surface area (Å²) in [5.74, 6) is 0. The number of rotatable bonds is 16. The van der Waals surface area contributed by atoms with Crippen LogP contribution in [0, 0.1) is 0 Å². The van der Waals surface area contributed by atoms with Crippen LogP contribution in [0.5, 0.6) is 0 Å². The van der Waals surface area contributed by atoms with Gasteiger partial charge in [0.2, 0.25) is 0 Å². The standard InChI is InChI=1S/C16H34O5Si/c1-4-9-19-22(20-10-5-2,21-11-6-3)13-8-7-12-17-14-16-15-18-16/h16H,4-15H2,1-3H3/t16-/m0/s1. The van der Waals surface area contributed by atoms with E-state index in [2.05, 4.69) is 20.8 Å². The van der Waals surface area contributed by atoms with Crippen LogP contribution in [0.1, 0.15) is 52.9 Å². The molecule has 0 N–H and O–H groups in total. The molecule has 0 bridgehead atoms. The molecule has 1 aliphatic heterocycles. The van der Waals surface area contributed by atoms with E-state index in [1.807, 2.05) is 0 Å². The normalized spacial score (nSPS) is 17.9. The predicted octanol–water partition coefficient (Wildman–Crippen LogP) is 3.40. The molecule has 1 rings (SSSR count). The van der Waals surface area contributed by atoms with Crippen molar-refractivity contribution in [2.24, 2.45) is 0 Å². The zero-order valence-corrected chi connectivity index (χ0v) is 15.6. The molecule has 132 valence electrons. The smallest absolute Gasteiger partial charge is 0.379 e. The topological polar surface area (TPSA) is 49.5 Å². The van der Waals surface area contributed by atoms with E-state index in [0.717, 1.165) is 77.8 Å². The van der Waals surface area contributed by atoms with Crippen LogP contribution in [0.3, 0.4) is 0 Å². The van der Waals surface area contributed by atoms with Gasteiger partial charge in [0.15, 0.2) is 0 Å². The number of hydrogen-bond acceptors (Lipinski definition) is 5. The van der Waals surface area contributed by atoms with Gasteiger partial charge in [0.25, 0.3) is 0 Å². The van der Waals surface area contributed by atoms with Crippen LogP contribution in [-0.4, -0.2) is 54.5 Å². The lowest BCUT2D eigenvalue weighted by Crippen LogP contribution is -2.46. The molecule has 22 heavy (non-hydrogen) atoms. The first kappa shape index (κ1) is 20.1. The van der Waals surface area contributed by atoms with Crippen molar-refractivity contribution in [1.82, 2.24) is 0 Å². The largest absolute Gasteiger partial charge is 0.500 e. The molecule has 0 unspecified atom stereocenters. The molecule has 0 aromatic heterocycles. The van der Waals surface area contributed by atoms with E-state index in [1.54, 1.807) is 0 Å². The summed E-state index contributed by atoms with van der Waals surface area (Å²) in [6, 6.07) is 0.885. The molecule has 0 radical (unpaired) electrons. The third kappa shape index (κ3) is 9.22. The van der Waals surface area contributed by atoms with Crippen LogP contribution >= 0.6 is 0 Å². The van der Waals surface area contributed by atoms with Crippen LogP contribution in [0.15, 0.2) is 0 Å². The SMILES string of the molecule is CCCO[Si](CCCCOC[C@H]1CO1)(OCCC)OCCC. The Hall–Kier alpha value is 0.0169. The molecule has 1 aliphatic rings. The van der Waals surface area contributed by atoms with Crippen molar-refractivity contribution in [1.29, 1.82) is 0 Å². The third-order valence-electron chi connectivity index (χ3n) is 3.31. The number of epoxide rings is 1. The summed E-state index contributed by atoms with van der Waals surface area (Å²) >= 11 is 0. The lowest BCUT2D eigenvalue weighted by Gasteiger charge is -2.29. The fourth-order valence-corrected chi connectivity index (χ4v) is 4.95. The summed E-state index contributed by atoms with van der Waals surface area (Å²) in [5, 5.41) is 0. The van der Waals surface area contributed by atoms with Crippen molar-refractivity contribution in [2.45, 2.75) is 65.0 Å². The van der Waals surface area contributed by atoms with Gasteiger partial charge < -0.3 is 22.8 Å². The molecule has 0 spiro atoms. The van der Waals surface area contributed by atoms with Gasteiger partial charge in [0, 0.05) is 32.5 Å². The van der Waals surface area contributed by atoms with E-state index in [-0.39, 0.29) is 0 Å². The Morgan fingerprint density at radius 1 is 0.864 bits per heavy atom. The number of ether oxygens (including phenoxy) is 2. The minimum Gasteiger partial charge on any atom is -0.379 e. The first-order valence-corrected chi connectivity index (χ1v) is 10.8. The Bertz CT molecular complexity index is 239. The van der Waals surface area contributed by atoms with Gasteiger partial charge in [0.1, 0.15) is 6.10 Å². The van der Waals surface area contributed by atoms with Crippen molar-refractivity contribution in [3.63, 3.8) is 0 Å². The van der Waals surface area contributed by atoms with Gasteiger partial charge in [-0.05, 0) is 32.1 Å². The summed E-state index contributed by atoms with van der Waals surface area (Å²) in [4.78, 5) is 0. The molecule has 0 saturated carbocycles. The maximum absolute atomic E-state index is 6.07. The first-order chi connectivity index (χ1) is 10.8. The van der Waals surface area contributed by atoms with Gasteiger partial charge in [-0.25, -0.2) is 0 Å². The summed E-state index contributed by atoms with van der Waals surface area (Å²) in [6.45, 7) is 10.9. The van der Waals surface area contributed by atoms with Gasteiger partial charge in [-0.1, -0.05) is 20.8 Å². The van der Waals surface area contributed by atoms with E-state index in [1.165, 1.54) is 0 Å². The number of unbranched alkanes of at least 4 members (excludes halogenated alkanes) is 1. The molecule has 1 heterocycles. The zero-order chi connectivity index (χ0) is 16.1. The molecule has 1 atom stereocenters. The van der Waals surface area contributed by atoms with Crippen LogP contribution in [0.4, 0.5) is 0 Å². The highest BCUT2D eigenvalue weighted by atomic mass is 28.4. The van der Waals surface area contributed by atoms with Gasteiger partial charge >= 0.3 is 8.80 Å². The first-order valence-electron chi connectivity index (χ1n) is 8.87. The molecular weight excluding hydrogens is 300 g/mol. The number of hydrogen-bond donors (Lipinski definition) is 0. The van der Waals surface area contributed by atoms with Gasteiger partial charge in [-0.2, -0.15) is 0 Å². The Labute approximate surface area is 137 Å². The van der Waals surface area contributed by atoms with Crippen molar-refractivity contribution >= 4 is 8.80 Å². The summed E-state index contributed by atoms with van der Waals surface area (Å²) in [5.41, 5.74) is 0. The van der Waals surface area contributed by atoms with Crippen LogP contribution in [0.2, 0.25) is 6.04 Å². The lowest BCUT2D eigenvalue weighted by molar-refractivity contribution is 0.0573. The lowest BCUT2D eigenvalue weighted by atomic mass is 10.3. The van der Waals surface area contributed by atoms with Crippen LogP contribution < -0.4 is 0 Å².